The first-order valence-corrected chi connectivity index (χ1v) is 21.0. The number of phenols is 2. The van der Waals surface area contributed by atoms with Crippen LogP contribution in [0, 0.1) is 0 Å². The van der Waals surface area contributed by atoms with Crippen molar-refractivity contribution in [2.45, 2.75) is 25.2 Å². The van der Waals surface area contributed by atoms with Gasteiger partial charge in [-0.05, 0) is 82.9 Å². The third kappa shape index (κ3) is 11.0. The zero-order valence-electron chi connectivity index (χ0n) is 36.4. The zero-order valence-corrected chi connectivity index (χ0v) is 36.4. The van der Waals surface area contributed by atoms with Crippen LogP contribution < -0.4 is 11.5 Å². The number of hydrogen-bond donors (Lipinski definition) is 4. The predicted octanol–water partition coefficient (Wildman–Crippen LogP) is 3.63. The van der Waals surface area contributed by atoms with E-state index in [0.29, 0.717) is 67.5 Å². The number of phenolic OH excluding ortho intramolecular Hbond substituents is 2. The summed E-state index contributed by atoms with van der Waals surface area (Å²) in [5.74, 6) is 0.198. The summed E-state index contributed by atoms with van der Waals surface area (Å²) in [6.45, 7) is 2.56. The largest absolute Gasteiger partial charge is 0.508 e. The highest BCUT2D eigenvalue weighted by molar-refractivity contribution is 5.97. The number of nitrogens with zero attached hydrogens (tertiary/aromatic N) is 8. The number of methoxy groups -OCH3 is 2. The monoisotopic (exact) mass is 894 g/mol. The number of aromatic hydroxyl groups is 2. The van der Waals surface area contributed by atoms with Crippen LogP contribution >= 0.6 is 0 Å². The van der Waals surface area contributed by atoms with Crippen molar-refractivity contribution in [1.82, 2.24) is 39.5 Å². The SMILES string of the molecule is COC[C@H]1C(=O)N(Cc2ccc3c(N)ncnc3c2)CCN1C(=O)C=Cc1ccc(O)cc1.COC[C@H]1C(=O)N(Cc2ccc3c(N)ncnc3c2)CCN1C(=O)C=Cc1cccc(O)c1. The molecule has 0 saturated carbocycles. The fourth-order valence-corrected chi connectivity index (χ4v) is 7.78. The van der Waals surface area contributed by atoms with E-state index in [2.05, 4.69) is 19.9 Å². The molecule has 18 heteroatoms. The Morgan fingerprint density at radius 1 is 0.621 bits per heavy atom. The molecule has 2 atom stereocenters. The number of anilines is 2. The average molecular weight is 895 g/mol. The van der Waals surface area contributed by atoms with Crippen LogP contribution in [0.2, 0.25) is 0 Å². The molecule has 6 N–H and O–H groups in total. The number of nitrogens with two attached hydrogens (primary N) is 2. The van der Waals surface area contributed by atoms with Gasteiger partial charge in [0.05, 0.1) is 24.2 Å². The van der Waals surface area contributed by atoms with Gasteiger partial charge in [0.15, 0.2) is 0 Å². The molecule has 18 nitrogen and oxygen atoms in total. The van der Waals surface area contributed by atoms with Crippen LogP contribution in [0.3, 0.4) is 0 Å². The fourth-order valence-electron chi connectivity index (χ4n) is 7.78. The van der Waals surface area contributed by atoms with E-state index in [-0.39, 0.29) is 48.3 Å². The Labute approximate surface area is 380 Å². The standard InChI is InChI=1S/2C24H25N5O4/c1-33-14-21-24(32)28(13-17-4-8-19-20(12-17)26-15-27-23(19)25)10-11-29(21)22(31)9-5-16-2-6-18(30)7-3-16;1-33-14-21-24(32)28(13-17-5-7-19-20(12-17)26-15-27-23(19)25)9-10-29(21)22(31)8-6-16-3-2-4-18(30)11-16/h2-9,12,15,21,30H,10-11,13-14H2,1H3,(H2,25,26,27);2-8,11-12,15,21,30H,9-10,13-14H2,1H3,(H2,25,26,27)/t2*21-/m00/s1. The van der Waals surface area contributed by atoms with E-state index < -0.39 is 12.1 Å². The smallest absolute Gasteiger partial charge is 0.248 e. The lowest BCUT2D eigenvalue weighted by Gasteiger charge is -2.40. The first-order valence-electron chi connectivity index (χ1n) is 21.0. The van der Waals surface area contributed by atoms with E-state index in [4.69, 9.17) is 20.9 Å². The first-order chi connectivity index (χ1) is 31.9. The minimum Gasteiger partial charge on any atom is -0.508 e. The number of ether oxygens (including phenoxy) is 2. The van der Waals surface area contributed by atoms with Crippen molar-refractivity contribution < 1.29 is 38.9 Å². The summed E-state index contributed by atoms with van der Waals surface area (Å²) in [6.07, 6.45) is 8.95. The van der Waals surface area contributed by atoms with Crippen molar-refractivity contribution in [1.29, 1.82) is 0 Å². The molecule has 0 aliphatic carbocycles. The van der Waals surface area contributed by atoms with Crippen LogP contribution in [-0.2, 0) is 41.7 Å². The van der Waals surface area contributed by atoms with Crippen LogP contribution in [0.4, 0.5) is 11.6 Å². The molecule has 66 heavy (non-hydrogen) atoms. The minimum absolute atomic E-state index is 0.0997. The molecule has 2 aliphatic rings. The number of fused-ring (bicyclic) bond motifs is 2. The number of hydrogen-bond acceptors (Lipinski definition) is 14. The second kappa shape index (κ2) is 21.1. The number of piperazine rings is 2. The van der Waals surface area contributed by atoms with Crippen LogP contribution in [-0.4, -0.2) is 139 Å². The Bertz CT molecular complexity index is 2790. The first kappa shape index (κ1) is 46.0. The van der Waals surface area contributed by atoms with E-state index in [9.17, 15) is 29.4 Å². The molecule has 8 rings (SSSR count). The molecule has 6 aromatic rings. The van der Waals surface area contributed by atoms with Gasteiger partial charge in [-0.15, -0.1) is 0 Å². The molecule has 2 aromatic heterocycles. The fraction of sp³-hybridized carbons (Fsp3) is 0.250. The van der Waals surface area contributed by atoms with Gasteiger partial charge in [-0.3, -0.25) is 19.2 Å². The number of aromatic nitrogens is 4. The number of rotatable bonds is 12. The van der Waals surface area contributed by atoms with Gasteiger partial charge in [-0.25, -0.2) is 19.9 Å². The topological polar surface area (TPSA) is 244 Å². The van der Waals surface area contributed by atoms with Gasteiger partial charge in [0.1, 0.15) is 47.9 Å². The summed E-state index contributed by atoms with van der Waals surface area (Å²) in [4.78, 5) is 75.1. The number of nitrogen functional groups attached to an aromatic ring is 2. The number of carbonyl (C=O) groups excluding carboxylic acids is 4. The Hall–Kier alpha value is -7.96. The molecule has 2 saturated heterocycles. The quantitative estimate of drug-likeness (QED) is 0.128. The van der Waals surface area contributed by atoms with Gasteiger partial charge >= 0.3 is 0 Å². The second-order valence-electron chi connectivity index (χ2n) is 15.6. The Morgan fingerprint density at radius 2 is 1.11 bits per heavy atom. The molecule has 0 spiro atoms. The van der Waals surface area contributed by atoms with Crippen molar-refractivity contribution in [3.05, 3.63) is 132 Å². The van der Waals surface area contributed by atoms with Gasteiger partial charge in [-0.2, -0.15) is 0 Å². The number of carbonyl (C=O) groups is 4. The lowest BCUT2D eigenvalue weighted by atomic mass is 10.1. The highest BCUT2D eigenvalue weighted by atomic mass is 16.5. The Kier molecular flexibility index (Phi) is 14.8. The summed E-state index contributed by atoms with van der Waals surface area (Å²) in [6, 6.07) is 23.0. The highest BCUT2D eigenvalue weighted by Gasteiger charge is 2.38. The molecule has 0 radical (unpaired) electrons. The van der Waals surface area contributed by atoms with Crippen molar-refractivity contribution in [3.63, 3.8) is 0 Å². The third-order valence-corrected chi connectivity index (χ3v) is 11.2. The average Bonchev–Trinajstić information content (AvgIpc) is 3.31. The summed E-state index contributed by atoms with van der Waals surface area (Å²) in [7, 11) is 3.01. The van der Waals surface area contributed by atoms with Crippen molar-refractivity contribution in [2.75, 3.05) is 65.1 Å². The molecule has 0 unspecified atom stereocenters. The highest BCUT2D eigenvalue weighted by Crippen LogP contribution is 2.24. The number of amides is 4. The maximum atomic E-state index is 13.2. The van der Waals surface area contributed by atoms with E-state index in [1.165, 1.54) is 48.8 Å². The van der Waals surface area contributed by atoms with Gasteiger partial charge in [0.2, 0.25) is 23.6 Å². The number of benzene rings is 4. The molecule has 4 heterocycles. The molecule has 4 amide bonds. The van der Waals surface area contributed by atoms with Gasteiger partial charge in [0, 0.05) is 76.4 Å². The van der Waals surface area contributed by atoms with E-state index in [0.717, 1.165) is 27.5 Å². The summed E-state index contributed by atoms with van der Waals surface area (Å²) < 4.78 is 10.5. The van der Waals surface area contributed by atoms with Gasteiger partial charge < -0.3 is 50.8 Å². The lowest BCUT2D eigenvalue weighted by Crippen LogP contribution is -2.59. The Balaban J connectivity index is 0.000000196. The molecular weight excluding hydrogens is 845 g/mol. The summed E-state index contributed by atoms with van der Waals surface area (Å²) in [5.41, 5.74) is 16.5. The van der Waals surface area contributed by atoms with Crippen molar-refractivity contribution in [3.8, 4) is 11.5 Å². The van der Waals surface area contributed by atoms with E-state index in [1.54, 1.807) is 70.5 Å². The summed E-state index contributed by atoms with van der Waals surface area (Å²) >= 11 is 0. The minimum atomic E-state index is -0.719. The molecule has 0 bridgehead atoms. The maximum absolute atomic E-state index is 13.2. The predicted molar refractivity (Wildman–Crippen MR) is 248 cm³/mol. The maximum Gasteiger partial charge on any atom is 0.248 e. The molecule has 4 aromatic carbocycles. The van der Waals surface area contributed by atoms with Gasteiger partial charge in [-0.1, -0.05) is 36.4 Å². The van der Waals surface area contributed by atoms with Crippen LogP contribution in [0.5, 0.6) is 11.5 Å². The molecular formula is C48H50N10O8. The van der Waals surface area contributed by atoms with Crippen molar-refractivity contribution >= 4 is 69.2 Å². The normalized spacial score (nSPS) is 16.6. The van der Waals surface area contributed by atoms with E-state index in [1.807, 2.05) is 36.4 Å². The van der Waals surface area contributed by atoms with Gasteiger partial charge in [0.25, 0.3) is 0 Å². The third-order valence-electron chi connectivity index (χ3n) is 11.2. The lowest BCUT2D eigenvalue weighted by molar-refractivity contribution is -0.152. The molecule has 2 aliphatic heterocycles. The van der Waals surface area contributed by atoms with Crippen LogP contribution in [0.1, 0.15) is 22.3 Å². The second-order valence-corrected chi connectivity index (χ2v) is 15.6. The van der Waals surface area contributed by atoms with E-state index >= 15 is 0 Å². The summed E-state index contributed by atoms with van der Waals surface area (Å²) in [5, 5.41) is 20.5. The molecule has 340 valence electrons. The zero-order chi connectivity index (χ0) is 46.7. The van der Waals surface area contributed by atoms with Crippen LogP contribution in [0.15, 0.2) is 110 Å². The van der Waals surface area contributed by atoms with Crippen molar-refractivity contribution in [2.24, 2.45) is 0 Å². The van der Waals surface area contributed by atoms with Crippen LogP contribution in [0.25, 0.3) is 34.0 Å². The molecule has 2 fully saturated rings. The Morgan fingerprint density at radius 3 is 1.58 bits per heavy atom.